The first-order chi connectivity index (χ1) is 22.0. The number of nitrogens with zero attached hydrogens (tertiary/aromatic N) is 1. The van der Waals surface area contributed by atoms with Gasteiger partial charge in [-0.3, -0.25) is 9.59 Å². The fourth-order valence-electron chi connectivity index (χ4n) is 5.01. The number of oxazole rings is 1. The molecule has 10 nitrogen and oxygen atoms in total. The zero-order chi connectivity index (χ0) is 32.8. The highest BCUT2D eigenvalue weighted by Gasteiger charge is 2.27. The molecule has 0 radical (unpaired) electrons. The summed E-state index contributed by atoms with van der Waals surface area (Å²) in [6.07, 6.45) is 2.24. The molecule has 0 aliphatic rings. The number of ether oxygens (including phenoxy) is 2. The maximum absolute atomic E-state index is 13.5. The Morgan fingerprint density at radius 1 is 0.935 bits per heavy atom. The summed E-state index contributed by atoms with van der Waals surface area (Å²) in [5.41, 5.74) is 3.25. The van der Waals surface area contributed by atoms with Gasteiger partial charge in [0, 0.05) is 28.2 Å². The largest absolute Gasteiger partial charge is 0.488 e. The van der Waals surface area contributed by atoms with Gasteiger partial charge in [0.2, 0.25) is 5.89 Å². The lowest BCUT2D eigenvalue weighted by Crippen LogP contribution is -2.37. The SMILES string of the molecule is CC(C)[C@H](NC(=O)OC(C)(C)C)c1nc(C(=O)NCC(=O)c2c[nH]c3cccc(-c4ccccc4OCc4ccccc4)c23)co1. The highest BCUT2D eigenvalue weighted by Crippen LogP contribution is 2.37. The van der Waals surface area contributed by atoms with Crippen LogP contribution < -0.4 is 15.4 Å². The fourth-order valence-corrected chi connectivity index (χ4v) is 5.01. The van der Waals surface area contributed by atoms with Crippen LogP contribution in [0.15, 0.2) is 89.7 Å². The first kappa shape index (κ1) is 32.0. The molecular formula is C36H38N4O6. The monoisotopic (exact) mass is 622 g/mol. The van der Waals surface area contributed by atoms with Crippen LogP contribution >= 0.6 is 0 Å². The van der Waals surface area contributed by atoms with Gasteiger partial charge in [0.1, 0.15) is 30.3 Å². The molecule has 2 heterocycles. The average molecular weight is 623 g/mol. The van der Waals surface area contributed by atoms with Crippen LogP contribution in [0.1, 0.15) is 73.0 Å². The molecule has 2 aromatic heterocycles. The minimum absolute atomic E-state index is 0.0106. The van der Waals surface area contributed by atoms with Gasteiger partial charge < -0.3 is 29.5 Å². The predicted octanol–water partition coefficient (Wildman–Crippen LogP) is 7.24. The zero-order valence-corrected chi connectivity index (χ0v) is 26.5. The van der Waals surface area contributed by atoms with Crippen LogP contribution in [0.5, 0.6) is 5.75 Å². The topological polar surface area (TPSA) is 136 Å². The van der Waals surface area contributed by atoms with Gasteiger partial charge in [-0.25, -0.2) is 9.78 Å². The number of para-hydroxylation sites is 1. The number of carbonyl (C=O) groups is 3. The summed E-state index contributed by atoms with van der Waals surface area (Å²) in [5.74, 6) is -0.122. The number of fused-ring (bicyclic) bond motifs is 1. The number of rotatable bonds is 11. The third kappa shape index (κ3) is 7.63. The lowest BCUT2D eigenvalue weighted by molar-refractivity contribution is 0.0479. The summed E-state index contributed by atoms with van der Waals surface area (Å²) in [6.45, 7) is 9.20. The number of nitrogens with one attached hydrogen (secondary N) is 3. The number of Topliss-reactive ketones (excluding diaryl/α,β-unsaturated/α-hetero) is 1. The molecule has 3 aromatic carbocycles. The van der Waals surface area contributed by atoms with Crippen molar-refractivity contribution in [1.82, 2.24) is 20.6 Å². The van der Waals surface area contributed by atoms with E-state index >= 15 is 0 Å². The lowest BCUT2D eigenvalue weighted by Gasteiger charge is -2.24. The highest BCUT2D eigenvalue weighted by molar-refractivity contribution is 6.14. The maximum atomic E-state index is 13.5. The molecule has 1 atom stereocenters. The molecule has 0 spiro atoms. The molecule has 10 heteroatoms. The van der Waals surface area contributed by atoms with E-state index in [1.54, 1.807) is 27.0 Å². The normalized spacial score (nSPS) is 12.1. The molecule has 46 heavy (non-hydrogen) atoms. The number of aromatic nitrogens is 2. The Morgan fingerprint density at radius 2 is 1.65 bits per heavy atom. The van der Waals surface area contributed by atoms with Crippen LogP contribution in [0.25, 0.3) is 22.0 Å². The first-order valence-electron chi connectivity index (χ1n) is 15.1. The number of aromatic amines is 1. The number of alkyl carbamates (subject to hydrolysis) is 1. The molecule has 5 aromatic rings. The van der Waals surface area contributed by atoms with Crippen molar-refractivity contribution in [1.29, 1.82) is 0 Å². The van der Waals surface area contributed by atoms with Gasteiger partial charge in [-0.1, -0.05) is 74.5 Å². The molecule has 2 amide bonds. The number of benzene rings is 3. The summed E-state index contributed by atoms with van der Waals surface area (Å²) in [4.78, 5) is 46.3. The second-order valence-corrected chi connectivity index (χ2v) is 12.2. The van der Waals surface area contributed by atoms with Crippen molar-refractivity contribution in [2.45, 2.75) is 52.9 Å². The highest BCUT2D eigenvalue weighted by atomic mass is 16.6. The summed E-state index contributed by atoms with van der Waals surface area (Å²) >= 11 is 0. The summed E-state index contributed by atoms with van der Waals surface area (Å²) in [6, 6.07) is 22.8. The van der Waals surface area contributed by atoms with Crippen LogP contribution in [0.3, 0.4) is 0 Å². The average Bonchev–Trinajstić information content (AvgIpc) is 3.69. The van der Waals surface area contributed by atoms with Crippen LogP contribution in [-0.4, -0.2) is 39.9 Å². The van der Waals surface area contributed by atoms with E-state index in [4.69, 9.17) is 13.9 Å². The molecule has 0 unspecified atom stereocenters. The number of amides is 2. The molecule has 3 N–H and O–H groups in total. The fraction of sp³-hybridized carbons (Fsp3) is 0.278. The number of carbonyl (C=O) groups excluding carboxylic acids is 3. The van der Waals surface area contributed by atoms with Crippen molar-refractivity contribution < 1.29 is 28.3 Å². The van der Waals surface area contributed by atoms with Crippen molar-refractivity contribution in [3.63, 3.8) is 0 Å². The Balaban J connectivity index is 1.30. The van der Waals surface area contributed by atoms with Gasteiger partial charge in [0.25, 0.3) is 5.91 Å². The van der Waals surface area contributed by atoms with Crippen molar-refractivity contribution in [3.05, 3.63) is 108 Å². The van der Waals surface area contributed by atoms with E-state index in [9.17, 15) is 14.4 Å². The smallest absolute Gasteiger partial charge is 0.408 e. The predicted molar refractivity (Wildman–Crippen MR) is 175 cm³/mol. The van der Waals surface area contributed by atoms with Crippen LogP contribution in [0.4, 0.5) is 4.79 Å². The molecule has 238 valence electrons. The minimum Gasteiger partial charge on any atom is -0.488 e. The van der Waals surface area contributed by atoms with Crippen molar-refractivity contribution in [2.24, 2.45) is 5.92 Å². The molecule has 0 bridgehead atoms. The number of hydrogen-bond donors (Lipinski definition) is 3. The van der Waals surface area contributed by atoms with Gasteiger partial charge in [-0.05, 0) is 49.9 Å². The van der Waals surface area contributed by atoms with Gasteiger partial charge in [0.05, 0.1) is 6.54 Å². The van der Waals surface area contributed by atoms with Gasteiger partial charge in [-0.15, -0.1) is 0 Å². The Kier molecular flexibility index (Phi) is 9.55. The van der Waals surface area contributed by atoms with Gasteiger partial charge >= 0.3 is 6.09 Å². The molecular weight excluding hydrogens is 584 g/mol. The Bertz CT molecular complexity index is 1830. The Hall–Kier alpha value is -5.38. The van der Waals surface area contributed by atoms with Gasteiger partial charge in [-0.2, -0.15) is 0 Å². The second kappa shape index (κ2) is 13.7. The molecule has 0 fully saturated rings. The summed E-state index contributed by atoms with van der Waals surface area (Å²) < 4.78 is 17.1. The van der Waals surface area contributed by atoms with E-state index in [0.717, 1.165) is 27.6 Å². The second-order valence-electron chi connectivity index (χ2n) is 12.2. The zero-order valence-electron chi connectivity index (χ0n) is 26.5. The summed E-state index contributed by atoms with van der Waals surface area (Å²) in [7, 11) is 0. The van der Waals surface area contributed by atoms with Crippen molar-refractivity contribution in [3.8, 4) is 16.9 Å². The van der Waals surface area contributed by atoms with Crippen LogP contribution in [0, 0.1) is 5.92 Å². The van der Waals surface area contributed by atoms with Crippen molar-refractivity contribution in [2.75, 3.05) is 6.54 Å². The third-order valence-corrected chi connectivity index (χ3v) is 7.19. The third-order valence-electron chi connectivity index (χ3n) is 7.19. The quantitative estimate of drug-likeness (QED) is 0.132. The molecule has 5 rings (SSSR count). The minimum atomic E-state index is -0.676. The van der Waals surface area contributed by atoms with Gasteiger partial charge in [0.15, 0.2) is 11.5 Å². The van der Waals surface area contributed by atoms with Crippen LogP contribution in [0.2, 0.25) is 0 Å². The van der Waals surface area contributed by atoms with E-state index in [1.807, 2.05) is 86.6 Å². The molecule has 0 aliphatic carbocycles. The Morgan fingerprint density at radius 3 is 2.39 bits per heavy atom. The standard InChI is InChI=1S/C36H38N4O6/c1-22(2)32(40-35(43)46-36(3,4)5)34-39-28(21-45-34)33(42)38-19-29(41)26-18-37-27-16-11-15-25(31(26)27)24-14-9-10-17-30(24)44-20-23-12-7-6-8-13-23/h6-18,21-22,32,37H,19-20H2,1-5H3,(H,38,42)(H,40,43)/t32-/m0/s1. The first-order valence-corrected chi connectivity index (χ1v) is 15.1. The molecule has 0 saturated heterocycles. The Labute approximate surface area is 267 Å². The van der Waals surface area contributed by atoms with E-state index in [1.165, 1.54) is 6.26 Å². The molecule has 0 saturated carbocycles. The van der Waals surface area contributed by atoms with Crippen LogP contribution in [-0.2, 0) is 11.3 Å². The van der Waals surface area contributed by atoms with E-state index < -0.39 is 23.6 Å². The summed E-state index contributed by atoms with van der Waals surface area (Å²) in [5, 5.41) is 6.13. The number of ketones is 1. The van der Waals surface area contributed by atoms with E-state index in [-0.39, 0.29) is 29.8 Å². The van der Waals surface area contributed by atoms with E-state index in [2.05, 4.69) is 20.6 Å². The number of hydrogen-bond acceptors (Lipinski definition) is 7. The van der Waals surface area contributed by atoms with Crippen molar-refractivity contribution >= 4 is 28.7 Å². The van der Waals surface area contributed by atoms with E-state index in [0.29, 0.717) is 17.9 Å². The maximum Gasteiger partial charge on any atom is 0.408 e. The molecule has 0 aliphatic heterocycles. The lowest BCUT2D eigenvalue weighted by atomic mass is 9.97. The number of H-pyrrole nitrogens is 1.